The molecule has 5 heteroatoms. The van der Waals surface area contributed by atoms with Crippen LogP contribution in [-0.2, 0) is 6.54 Å². The van der Waals surface area contributed by atoms with E-state index in [9.17, 15) is 8.78 Å². The van der Waals surface area contributed by atoms with E-state index in [1.165, 1.54) is 6.20 Å². The normalized spacial score (nSPS) is 10.6. The zero-order valence-corrected chi connectivity index (χ0v) is 7.84. The summed E-state index contributed by atoms with van der Waals surface area (Å²) in [6.45, 7) is -0.0243. The number of halogens is 2. The molecule has 0 saturated heterocycles. The van der Waals surface area contributed by atoms with Crippen LogP contribution in [0.4, 0.5) is 8.78 Å². The van der Waals surface area contributed by atoms with Crippen LogP contribution in [0.2, 0.25) is 0 Å². The van der Waals surface area contributed by atoms with Gasteiger partial charge in [-0.3, -0.25) is 4.98 Å². The lowest BCUT2D eigenvalue weighted by Gasteiger charge is -2.09. The Bertz CT molecular complexity index is 281. The van der Waals surface area contributed by atoms with Gasteiger partial charge in [0.15, 0.2) is 0 Å². The fourth-order valence-corrected chi connectivity index (χ4v) is 1.03. The van der Waals surface area contributed by atoms with Crippen molar-refractivity contribution in [3.8, 4) is 5.75 Å². The van der Waals surface area contributed by atoms with E-state index in [1.54, 1.807) is 19.3 Å². The zero-order valence-electron chi connectivity index (χ0n) is 7.84. The first-order valence-corrected chi connectivity index (χ1v) is 4.22. The summed E-state index contributed by atoms with van der Waals surface area (Å²) in [5.74, 6) is 0.405. The molecule has 1 N–H and O–H groups in total. The summed E-state index contributed by atoms with van der Waals surface area (Å²) in [7, 11) is 1.78. The van der Waals surface area contributed by atoms with E-state index in [0.717, 1.165) is 5.56 Å². The molecule has 0 bridgehead atoms. The predicted octanol–water partition coefficient (Wildman–Crippen LogP) is 1.44. The zero-order chi connectivity index (χ0) is 10.4. The van der Waals surface area contributed by atoms with E-state index in [-0.39, 0.29) is 0 Å². The molecule has 14 heavy (non-hydrogen) atoms. The van der Waals surface area contributed by atoms with E-state index >= 15 is 0 Å². The SMILES string of the molecule is CNCc1ccncc1OCC(F)F. The third kappa shape index (κ3) is 3.26. The summed E-state index contributed by atoms with van der Waals surface area (Å²) in [5.41, 5.74) is 0.822. The predicted molar refractivity (Wildman–Crippen MR) is 48.5 cm³/mol. The molecule has 0 radical (unpaired) electrons. The summed E-state index contributed by atoms with van der Waals surface area (Å²) < 4.78 is 28.7. The van der Waals surface area contributed by atoms with Gasteiger partial charge in [-0.25, -0.2) is 8.78 Å². The molecule has 0 aromatic carbocycles. The third-order valence-corrected chi connectivity index (χ3v) is 1.60. The minimum Gasteiger partial charge on any atom is -0.486 e. The molecule has 0 spiro atoms. The standard InChI is InChI=1S/C9H12F2N2O/c1-12-4-7-2-3-13-5-8(7)14-6-9(10)11/h2-3,5,9,12H,4,6H2,1H3. The molecule has 0 fully saturated rings. The lowest BCUT2D eigenvalue weighted by atomic mass is 10.2. The van der Waals surface area contributed by atoms with Gasteiger partial charge in [0.25, 0.3) is 6.43 Å². The Hall–Kier alpha value is -1.23. The Labute approximate surface area is 81.1 Å². The quantitative estimate of drug-likeness (QED) is 0.784. The van der Waals surface area contributed by atoms with Crippen LogP contribution in [0.1, 0.15) is 5.56 Å². The average molecular weight is 202 g/mol. The summed E-state index contributed by atoms with van der Waals surface area (Å²) in [6.07, 6.45) is 0.578. The van der Waals surface area contributed by atoms with Crippen LogP contribution in [0.25, 0.3) is 0 Å². The van der Waals surface area contributed by atoms with Gasteiger partial charge < -0.3 is 10.1 Å². The maximum absolute atomic E-state index is 11.9. The second-order valence-corrected chi connectivity index (χ2v) is 2.72. The number of rotatable bonds is 5. The van der Waals surface area contributed by atoms with E-state index in [4.69, 9.17) is 4.74 Å². The molecule has 0 aliphatic rings. The van der Waals surface area contributed by atoms with Crippen molar-refractivity contribution >= 4 is 0 Å². The molecule has 1 aromatic heterocycles. The molecule has 0 aliphatic heterocycles. The fraction of sp³-hybridized carbons (Fsp3) is 0.444. The van der Waals surface area contributed by atoms with E-state index in [2.05, 4.69) is 10.3 Å². The molecule has 0 amide bonds. The first-order valence-electron chi connectivity index (χ1n) is 4.22. The first kappa shape index (κ1) is 10.8. The van der Waals surface area contributed by atoms with Gasteiger partial charge in [-0.2, -0.15) is 0 Å². The lowest BCUT2D eigenvalue weighted by molar-refractivity contribution is 0.0812. The number of alkyl halides is 2. The van der Waals surface area contributed by atoms with Gasteiger partial charge in [-0.1, -0.05) is 0 Å². The van der Waals surface area contributed by atoms with Crippen molar-refractivity contribution in [2.24, 2.45) is 0 Å². The minimum atomic E-state index is -2.46. The first-order chi connectivity index (χ1) is 6.74. The van der Waals surface area contributed by atoms with Crippen molar-refractivity contribution < 1.29 is 13.5 Å². The molecule has 1 heterocycles. The van der Waals surface area contributed by atoms with Gasteiger partial charge in [0.2, 0.25) is 0 Å². The van der Waals surface area contributed by atoms with Gasteiger partial charge in [0, 0.05) is 18.3 Å². The lowest BCUT2D eigenvalue weighted by Crippen LogP contribution is -2.11. The van der Waals surface area contributed by atoms with Crippen molar-refractivity contribution in [1.29, 1.82) is 0 Å². The summed E-state index contributed by atoms with van der Waals surface area (Å²) in [5, 5.41) is 2.92. The molecule has 0 saturated carbocycles. The van der Waals surface area contributed by atoms with Crippen LogP contribution in [-0.4, -0.2) is 25.1 Å². The smallest absolute Gasteiger partial charge is 0.272 e. The number of hydrogen-bond acceptors (Lipinski definition) is 3. The van der Waals surface area contributed by atoms with Gasteiger partial charge in [-0.15, -0.1) is 0 Å². The molecule has 1 aromatic rings. The number of hydrogen-bond donors (Lipinski definition) is 1. The molecule has 0 unspecified atom stereocenters. The highest BCUT2D eigenvalue weighted by molar-refractivity contribution is 5.29. The van der Waals surface area contributed by atoms with Crippen molar-refractivity contribution in [3.05, 3.63) is 24.0 Å². The van der Waals surface area contributed by atoms with Crippen LogP contribution < -0.4 is 10.1 Å². The fourth-order valence-electron chi connectivity index (χ4n) is 1.03. The topological polar surface area (TPSA) is 34.2 Å². The monoisotopic (exact) mass is 202 g/mol. The molecule has 0 atom stereocenters. The van der Waals surface area contributed by atoms with Crippen molar-refractivity contribution in [3.63, 3.8) is 0 Å². The number of nitrogens with one attached hydrogen (secondary N) is 1. The van der Waals surface area contributed by atoms with Crippen LogP contribution in [0.3, 0.4) is 0 Å². The summed E-state index contributed by atoms with van der Waals surface area (Å²) in [6, 6.07) is 1.73. The largest absolute Gasteiger partial charge is 0.486 e. The van der Waals surface area contributed by atoms with Gasteiger partial charge in [0.05, 0.1) is 6.20 Å². The van der Waals surface area contributed by atoms with Crippen molar-refractivity contribution in [1.82, 2.24) is 10.3 Å². The van der Waals surface area contributed by atoms with Gasteiger partial charge in [-0.05, 0) is 13.1 Å². The highest BCUT2D eigenvalue weighted by atomic mass is 19.3. The Morgan fingerprint density at radius 1 is 1.57 bits per heavy atom. The van der Waals surface area contributed by atoms with Crippen molar-refractivity contribution in [2.75, 3.05) is 13.7 Å². The Kier molecular flexibility index (Phi) is 4.25. The molecular weight excluding hydrogens is 190 g/mol. The Balaban J connectivity index is 2.64. The van der Waals surface area contributed by atoms with Gasteiger partial charge in [0.1, 0.15) is 12.4 Å². The van der Waals surface area contributed by atoms with E-state index < -0.39 is 13.0 Å². The maximum Gasteiger partial charge on any atom is 0.272 e. The molecule has 0 aliphatic carbocycles. The highest BCUT2D eigenvalue weighted by Crippen LogP contribution is 2.16. The molecule has 78 valence electrons. The van der Waals surface area contributed by atoms with Crippen molar-refractivity contribution in [2.45, 2.75) is 13.0 Å². The number of aromatic nitrogens is 1. The maximum atomic E-state index is 11.9. The minimum absolute atomic E-state index is 0.405. The second-order valence-electron chi connectivity index (χ2n) is 2.72. The third-order valence-electron chi connectivity index (χ3n) is 1.60. The van der Waals surface area contributed by atoms with E-state index in [1.807, 2.05) is 0 Å². The van der Waals surface area contributed by atoms with Crippen LogP contribution >= 0.6 is 0 Å². The number of pyridine rings is 1. The van der Waals surface area contributed by atoms with Gasteiger partial charge >= 0.3 is 0 Å². The average Bonchev–Trinajstić information content (AvgIpc) is 2.17. The molecular formula is C9H12F2N2O. The Morgan fingerprint density at radius 2 is 2.36 bits per heavy atom. The highest BCUT2D eigenvalue weighted by Gasteiger charge is 2.06. The Morgan fingerprint density at radius 3 is 3.00 bits per heavy atom. The second kappa shape index (κ2) is 5.49. The summed E-state index contributed by atoms with van der Waals surface area (Å²) in [4.78, 5) is 3.81. The van der Waals surface area contributed by atoms with Crippen LogP contribution in [0.5, 0.6) is 5.75 Å². The summed E-state index contributed by atoms with van der Waals surface area (Å²) >= 11 is 0. The molecule has 3 nitrogen and oxygen atoms in total. The number of nitrogens with zero attached hydrogens (tertiary/aromatic N) is 1. The van der Waals surface area contributed by atoms with Crippen LogP contribution in [0, 0.1) is 0 Å². The van der Waals surface area contributed by atoms with Crippen LogP contribution in [0.15, 0.2) is 18.5 Å². The number of ether oxygens (including phenoxy) is 1. The molecule has 1 rings (SSSR count). The van der Waals surface area contributed by atoms with E-state index in [0.29, 0.717) is 12.3 Å².